The first-order valence-corrected chi connectivity index (χ1v) is 8.03. The maximum Gasteiger partial charge on any atom is 0.412 e. The van der Waals surface area contributed by atoms with Crippen LogP contribution in [0.3, 0.4) is 0 Å². The third kappa shape index (κ3) is 2.69. The summed E-state index contributed by atoms with van der Waals surface area (Å²) in [7, 11) is 0. The molecular weight excluding hydrogens is 312 g/mol. The van der Waals surface area contributed by atoms with E-state index in [2.05, 4.69) is 20.5 Å². The summed E-state index contributed by atoms with van der Waals surface area (Å²) in [6.07, 6.45) is 0.970. The van der Waals surface area contributed by atoms with Crippen molar-refractivity contribution in [1.29, 1.82) is 0 Å². The Morgan fingerprint density at radius 3 is 2.75 bits per heavy atom. The second-order valence-electron chi connectivity index (χ2n) is 6.32. The van der Waals surface area contributed by atoms with E-state index in [-0.39, 0.29) is 18.0 Å². The summed E-state index contributed by atoms with van der Waals surface area (Å²) < 4.78 is 5.32. The fourth-order valence-corrected chi connectivity index (χ4v) is 3.65. The molecule has 24 heavy (non-hydrogen) atoms. The molecule has 3 saturated heterocycles. The molecule has 1 aromatic heterocycles. The first kappa shape index (κ1) is 14.9. The van der Waals surface area contributed by atoms with Gasteiger partial charge in [0.2, 0.25) is 0 Å². The monoisotopic (exact) mass is 330 g/mol. The highest BCUT2D eigenvalue weighted by Crippen LogP contribution is 2.28. The third-order valence-corrected chi connectivity index (χ3v) is 4.85. The number of carbonyl (C=O) groups is 2. The number of hydrogen-bond donors (Lipinski definition) is 3. The lowest BCUT2D eigenvalue weighted by molar-refractivity contribution is 0.0621. The van der Waals surface area contributed by atoms with Crippen LogP contribution < -0.4 is 10.6 Å². The van der Waals surface area contributed by atoms with Crippen LogP contribution in [0.25, 0.3) is 11.1 Å². The van der Waals surface area contributed by atoms with Crippen molar-refractivity contribution in [2.24, 2.45) is 5.92 Å². The highest BCUT2D eigenvalue weighted by atomic mass is 16.4. The predicted molar refractivity (Wildman–Crippen MR) is 86.1 cm³/mol. The van der Waals surface area contributed by atoms with Crippen LogP contribution in [0.15, 0.2) is 22.6 Å². The highest BCUT2D eigenvalue weighted by Gasteiger charge is 2.35. The van der Waals surface area contributed by atoms with E-state index >= 15 is 0 Å². The third-order valence-electron chi connectivity index (χ3n) is 4.85. The molecule has 5 rings (SSSR count). The summed E-state index contributed by atoms with van der Waals surface area (Å²) in [6.45, 7) is 3.11. The minimum Gasteiger partial charge on any atom is -0.465 e. The lowest BCUT2D eigenvalue weighted by Crippen LogP contribution is -2.57. The molecule has 2 aromatic rings. The summed E-state index contributed by atoms with van der Waals surface area (Å²) in [5.74, 6) is 0.328. The number of carboxylic acid groups (broad SMARTS) is 1. The van der Waals surface area contributed by atoms with Gasteiger partial charge in [-0.05, 0) is 44.0 Å². The molecular formula is C16H18N4O4. The number of hydrogen-bond acceptors (Lipinski definition) is 5. The second kappa shape index (κ2) is 5.79. The van der Waals surface area contributed by atoms with E-state index in [1.165, 1.54) is 0 Å². The zero-order chi connectivity index (χ0) is 16.7. The fourth-order valence-electron chi connectivity index (χ4n) is 3.65. The highest BCUT2D eigenvalue weighted by molar-refractivity contribution is 6.05. The van der Waals surface area contributed by atoms with Gasteiger partial charge in [0, 0.05) is 12.6 Å². The van der Waals surface area contributed by atoms with Crippen molar-refractivity contribution in [3.8, 4) is 0 Å². The Labute approximate surface area is 137 Å². The van der Waals surface area contributed by atoms with E-state index in [4.69, 9.17) is 9.52 Å². The molecule has 1 aromatic carbocycles. The lowest BCUT2D eigenvalue weighted by atomic mass is 9.84. The Bertz CT molecular complexity index is 794. The number of piperidine rings is 3. The van der Waals surface area contributed by atoms with Gasteiger partial charge in [-0.2, -0.15) is 4.98 Å². The number of para-hydroxylation sites is 1. The Kier molecular flexibility index (Phi) is 3.61. The molecule has 4 heterocycles. The van der Waals surface area contributed by atoms with Gasteiger partial charge >= 0.3 is 12.1 Å². The van der Waals surface area contributed by atoms with Gasteiger partial charge < -0.3 is 19.7 Å². The van der Waals surface area contributed by atoms with Gasteiger partial charge in [0.15, 0.2) is 5.58 Å². The predicted octanol–water partition coefficient (Wildman–Crippen LogP) is 1.74. The van der Waals surface area contributed by atoms with Crippen molar-refractivity contribution in [1.82, 2.24) is 15.2 Å². The number of anilines is 1. The molecule has 1 unspecified atom stereocenters. The number of amides is 2. The molecule has 2 amide bonds. The molecule has 0 radical (unpaired) electrons. The largest absolute Gasteiger partial charge is 0.465 e. The standard InChI is InChI=1S/C16H18N4O4/c21-14(17-11-8-20-6-4-9(11)5-7-20)10-2-1-3-12-13(10)18-15(24-12)19-16(22)23/h1-3,9,11H,4-8H2,(H,17,21)(H,18,19)(H,22,23). The molecule has 3 fully saturated rings. The summed E-state index contributed by atoms with van der Waals surface area (Å²) in [5.41, 5.74) is 1.13. The van der Waals surface area contributed by atoms with Crippen LogP contribution in [0, 0.1) is 5.92 Å². The SMILES string of the molecule is O=C(O)Nc1nc2c(C(=O)NC3CN4CCC3CC4)cccc2o1. The zero-order valence-electron chi connectivity index (χ0n) is 13.0. The molecule has 2 bridgehead atoms. The maximum atomic E-state index is 12.7. The van der Waals surface area contributed by atoms with E-state index in [1.807, 2.05) is 0 Å². The Hall–Kier alpha value is -2.61. The van der Waals surface area contributed by atoms with Crippen molar-refractivity contribution in [2.75, 3.05) is 25.0 Å². The molecule has 3 aliphatic heterocycles. The summed E-state index contributed by atoms with van der Waals surface area (Å²) in [4.78, 5) is 29.8. The molecule has 126 valence electrons. The van der Waals surface area contributed by atoms with Crippen molar-refractivity contribution in [3.63, 3.8) is 0 Å². The Morgan fingerprint density at radius 2 is 2.08 bits per heavy atom. The van der Waals surface area contributed by atoms with E-state index < -0.39 is 6.09 Å². The zero-order valence-corrected chi connectivity index (χ0v) is 13.0. The van der Waals surface area contributed by atoms with Crippen molar-refractivity contribution < 1.29 is 19.1 Å². The molecule has 3 N–H and O–H groups in total. The van der Waals surface area contributed by atoms with Crippen molar-refractivity contribution in [2.45, 2.75) is 18.9 Å². The molecule has 0 spiro atoms. The number of aromatic nitrogens is 1. The Morgan fingerprint density at radius 1 is 1.29 bits per heavy atom. The molecule has 0 aliphatic carbocycles. The molecule has 0 saturated carbocycles. The van der Waals surface area contributed by atoms with Crippen molar-refractivity contribution in [3.05, 3.63) is 23.8 Å². The second-order valence-corrected chi connectivity index (χ2v) is 6.32. The summed E-state index contributed by atoms with van der Waals surface area (Å²) in [5, 5.41) is 13.9. The number of benzene rings is 1. The molecule has 3 aliphatic rings. The van der Waals surface area contributed by atoms with Gasteiger partial charge in [0.05, 0.1) is 5.56 Å². The normalized spacial score (nSPS) is 25.6. The maximum absolute atomic E-state index is 12.7. The summed E-state index contributed by atoms with van der Waals surface area (Å²) in [6, 6.07) is 5.04. The smallest absolute Gasteiger partial charge is 0.412 e. The topological polar surface area (TPSA) is 108 Å². The van der Waals surface area contributed by atoms with Crippen LogP contribution >= 0.6 is 0 Å². The van der Waals surface area contributed by atoms with E-state index in [0.717, 1.165) is 32.5 Å². The number of rotatable bonds is 3. The van der Waals surface area contributed by atoms with Crippen LogP contribution in [-0.4, -0.2) is 52.7 Å². The quantitative estimate of drug-likeness (QED) is 0.791. The minimum absolute atomic E-state index is 0.138. The number of oxazole rings is 1. The van der Waals surface area contributed by atoms with E-state index in [9.17, 15) is 9.59 Å². The van der Waals surface area contributed by atoms with Gasteiger partial charge in [0.1, 0.15) is 5.52 Å². The van der Waals surface area contributed by atoms with Crippen molar-refractivity contribution >= 4 is 29.1 Å². The average molecular weight is 330 g/mol. The Balaban J connectivity index is 1.57. The van der Waals surface area contributed by atoms with E-state index in [1.54, 1.807) is 18.2 Å². The van der Waals surface area contributed by atoms with Gasteiger partial charge in [-0.3, -0.25) is 4.79 Å². The van der Waals surface area contributed by atoms with Crippen LogP contribution in [0.1, 0.15) is 23.2 Å². The van der Waals surface area contributed by atoms with Gasteiger partial charge in [0.25, 0.3) is 5.91 Å². The van der Waals surface area contributed by atoms with Crippen LogP contribution in [0.2, 0.25) is 0 Å². The first-order valence-electron chi connectivity index (χ1n) is 8.03. The van der Waals surface area contributed by atoms with Crippen LogP contribution in [-0.2, 0) is 0 Å². The lowest BCUT2D eigenvalue weighted by Gasteiger charge is -2.44. The van der Waals surface area contributed by atoms with Gasteiger partial charge in [-0.25, -0.2) is 10.1 Å². The molecule has 1 atom stereocenters. The van der Waals surface area contributed by atoms with Gasteiger partial charge in [-0.1, -0.05) is 6.07 Å². The minimum atomic E-state index is -1.26. The average Bonchev–Trinajstić information content (AvgIpc) is 2.97. The number of carbonyl (C=O) groups excluding carboxylic acids is 1. The fraction of sp³-hybridized carbons (Fsp3) is 0.438. The van der Waals surface area contributed by atoms with E-state index in [0.29, 0.717) is 22.6 Å². The number of nitrogens with zero attached hydrogens (tertiary/aromatic N) is 2. The number of fused-ring (bicyclic) bond motifs is 4. The first-order chi connectivity index (χ1) is 11.6. The molecule has 8 nitrogen and oxygen atoms in total. The van der Waals surface area contributed by atoms with Gasteiger partial charge in [-0.15, -0.1) is 0 Å². The molecule has 8 heteroatoms. The van der Waals surface area contributed by atoms with Crippen LogP contribution in [0.4, 0.5) is 10.8 Å². The van der Waals surface area contributed by atoms with Crippen LogP contribution in [0.5, 0.6) is 0 Å². The number of nitrogens with one attached hydrogen (secondary N) is 2. The summed E-state index contributed by atoms with van der Waals surface area (Å²) >= 11 is 0.